The summed E-state index contributed by atoms with van der Waals surface area (Å²) >= 11 is 8.97. The van der Waals surface area contributed by atoms with E-state index in [9.17, 15) is 4.79 Å². The minimum Gasteiger partial charge on any atom is -0.493 e. The average Bonchev–Trinajstić information content (AvgIpc) is 3.06. The lowest BCUT2D eigenvalue weighted by atomic mass is 10.1. The van der Waals surface area contributed by atoms with E-state index in [4.69, 9.17) is 21.7 Å². The Morgan fingerprint density at radius 2 is 1.74 bits per heavy atom. The van der Waals surface area contributed by atoms with Gasteiger partial charge in [-0.05, 0) is 64.1 Å². The molecule has 3 aromatic carbocycles. The molecular weight excluding hydrogens is 541 g/mol. The lowest BCUT2D eigenvalue weighted by Crippen LogP contribution is -2.27. The quantitative estimate of drug-likeness (QED) is 0.202. The second-order valence-electron chi connectivity index (χ2n) is 6.66. The van der Waals surface area contributed by atoms with Gasteiger partial charge in [0.05, 0.1) is 21.3 Å². The molecule has 1 saturated heterocycles. The molecule has 1 aliphatic heterocycles. The summed E-state index contributed by atoms with van der Waals surface area (Å²) in [6, 6.07) is 23.2. The number of hydrogen-bond acceptors (Lipinski definition) is 5. The molecule has 1 aliphatic rings. The number of ether oxygens (including phenoxy) is 2. The zero-order valence-corrected chi connectivity index (χ0v) is 20.4. The smallest absolute Gasteiger partial charge is 0.270 e. The number of anilines is 1. The standard InChI is InChI=1S/C24H18INO3S2/c1-28-20-13-17(12-19(25)22(20)29-15-16-8-4-2-5-9-16)14-21-23(27)26(24(30)31-21)18-10-6-3-7-11-18/h2-14H,15H2,1H3/b21-14+. The molecule has 31 heavy (non-hydrogen) atoms. The Hall–Kier alpha value is -2.36. The number of carbonyl (C=O) groups is 1. The summed E-state index contributed by atoms with van der Waals surface area (Å²) < 4.78 is 13.0. The van der Waals surface area contributed by atoms with Gasteiger partial charge in [0.2, 0.25) is 0 Å². The van der Waals surface area contributed by atoms with Crippen LogP contribution in [-0.2, 0) is 11.4 Å². The number of benzene rings is 3. The second kappa shape index (κ2) is 9.84. The molecule has 4 rings (SSSR count). The van der Waals surface area contributed by atoms with Crippen LogP contribution in [0.2, 0.25) is 0 Å². The number of thiocarbonyl (C=S) groups is 1. The monoisotopic (exact) mass is 559 g/mol. The summed E-state index contributed by atoms with van der Waals surface area (Å²) in [4.78, 5) is 15.1. The van der Waals surface area contributed by atoms with Crippen LogP contribution < -0.4 is 14.4 Å². The van der Waals surface area contributed by atoms with Crippen molar-refractivity contribution in [2.45, 2.75) is 6.61 Å². The van der Waals surface area contributed by atoms with Crippen molar-refractivity contribution in [3.8, 4) is 11.5 Å². The molecule has 0 spiro atoms. The van der Waals surface area contributed by atoms with E-state index >= 15 is 0 Å². The van der Waals surface area contributed by atoms with Gasteiger partial charge in [-0.3, -0.25) is 9.69 Å². The fourth-order valence-electron chi connectivity index (χ4n) is 3.11. The van der Waals surface area contributed by atoms with Gasteiger partial charge >= 0.3 is 0 Å². The fourth-order valence-corrected chi connectivity index (χ4v) is 5.19. The number of halogens is 1. The summed E-state index contributed by atoms with van der Waals surface area (Å²) in [6.07, 6.45) is 1.84. The SMILES string of the molecule is COc1cc(/C=C2/SC(=S)N(c3ccccc3)C2=O)cc(I)c1OCc1ccccc1. The maximum absolute atomic E-state index is 13.0. The van der Waals surface area contributed by atoms with Gasteiger partial charge in [-0.1, -0.05) is 72.5 Å². The fraction of sp³-hybridized carbons (Fsp3) is 0.0833. The van der Waals surface area contributed by atoms with E-state index in [-0.39, 0.29) is 5.91 Å². The van der Waals surface area contributed by atoms with Crippen molar-refractivity contribution < 1.29 is 14.3 Å². The molecule has 1 amide bonds. The maximum Gasteiger partial charge on any atom is 0.270 e. The van der Waals surface area contributed by atoms with Crippen molar-refractivity contribution in [3.63, 3.8) is 0 Å². The Bertz CT molecular complexity index is 1150. The van der Waals surface area contributed by atoms with Gasteiger partial charge in [-0.15, -0.1) is 0 Å². The highest BCUT2D eigenvalue weighted by Crippen LogP contribution is 2.39. The van der Waals surface area contributed by atoms with Gasteiger partial charge in [0.25, 0.3) is 5.91 Å². The average molecular weight is 559 g/mol. The molecule has 0 aliphatic carbocycles. The van der Waals surface area contributed by atoms with Crippen LogP contribution in [0.15, 0.2) is 77.7 Å². The first-order valence-corrected chi connectivity index (χ1v) is 11.7. The van der Waals surface area contributed by atoms with Crippen LogP contribution in [0, 0.1) is 3.57 Å². The highest BCUT2D eigenvalue weighted by atomic mass is 127. The van der Waals surface area contributed by atoms with Gasteiger partial charge < -0.3 is 9.47 Å². The minimum atomic E-state index is -0.125. The van der Waals surface area contributed by atoms with Crippen LogP contribution in [0.4, 0.5) is 5.69 Å². The van der Waals surface area contributed by atoms with Crippen LogP contribution >= 0.6 is 46.6 Å². The van der Waals surface area contributed by atoms with Crippen LogP contribution in [0.25, 0.3) is 6.08 Å². The van der Waals surface area contributed by atoms with Crippen molar-refractivity contribution >= 4 is 68.6 Å². The third kappa shape index (κ3) is 4.94. The molecule has 1 heterocycles. The lowest BCUT2D eigenvalue weighted by molar-refractivity contribution is -0.113. The molecular formula is C24H18INO3S2. The lowest BCUT2D eigenvalue weighted by Gasteiger charge is -2.14. The van der Waals surface area contributed by atoms with Gasteiger partial charge in [-0.25, -0.2) is 0 Å². The third-order valence-electron chi connectivity index (χ3n) is 4.58. The van der Waals surface area contributed by atoms with Gasteiger partial charge in [-0.2, -0.15) is 0 Å². The number of rotatable bonds is 6. The van der Waals surface area contributed by atoms with E-state index in [1.807, 2.05) is 78.9 Å². The molecule has 156 valence electrons. The highest BCUT2D eigenvalue weighted by Gasteiger charge is 2.33. The number of methoxy groups -OCH3 is 1. The zero-order chi connectivity index (χ0) is 21.8. The van der Waals surface area contributed by atoms with E-state index in [0.717, 1.165) is 20.4 Å². The molecule has 0 bridgehead atoms. The topological polar surface area (TPSA) is 38.8 Å². The van der Waals surface area contributed by atoms with E-state index in [1.165, 1.54) is 11.8 Å². The predicted octanol–water partition coefficient (Wildman–Crippen LogP) is 6.28. The van der Waals surface area contributed by atoms with E-state index in [2.05, 4.69) is 22.6 Å². The van der Waals surface area contributed by atoms with Gasteiger partial charge in [0.1, 0.15) is 6.61 Å². The number of nitrogens with zero attached hydrogens (tertiary/aromatic N) is 1. The van der Waals surface area contributed by atoms with E-state index in [1.54, 1.807) is 12.0 Å². The Balaban J connectivity index is 1.59. The van der Waals surface area contributed by atoms with Crippen molar-refractivity contribution in [3.05, 3.63) is 92.4 Å². The molecule has 0 atom stereocenters. The van der Waals surface area contributed by atoms with Gasteiger partial charge in [0, 0.05) is 0 Å². The number of carbonyl (C=O) groups excluding carboxylic acids is 1. The summed E-state index contributed by atoms with van der Waals surface area (Å²) in [6.45, 7) is 0.447. The molecule has 1 fully saturated rings. The number of hydrogen-bond donors (Lipinski definition) is 0. The largest absolute Gasteiger partial charge is 0.493 e. The first kappa shape index (κ1) is 21.9. The predicted molar refractivity (Wildman–Crippen MR) is 139 cm³/mol. The van der Waals surface area contributed by atoms with Crippen molar-refractivity contribution in [1.82, 2.24) is 0 Å². The molecule has 0 radical (unpaired) electrons. The summed E-state index contributed by atoms with van der Waals surface area (Å²) in [5, 5.41) is 0. The maximum atomic E-state index is 13.0. The minimum absolute atomic E-state index is 0.125. The summed E-state index contributed by atoms with van der Waals surface area (Å²) in [5.41, 5.74) is 2.70. The zero-order valence-electron chi connectivity index (χ0n) is 16.6. The van der Waals surface area contributed by atoms with Crippen molar-refractivity contribution in [2.75, 3.05) is 12.0 Å². The first-order chi connectivity index (χ1) is 15.1. The van der Waals surface area contributed by atoms with Crippen LogP contribution in [0.3, 0.4) is 0 Å². The van der Waals surface area contributed by atoms with Crippen molar-refractivity contribution in [1.29, 1.82) is 0 Å². The summed E-state index contributed by atoms with van der Waals surface area (Å²) in [7, 11) is 1.61. The molecule has 3 aromatic rings. The third-order valence-corrected chi connectivity index (χ3v) is 6.69. The second-order valence-corrected chi connectivity index (χ2v) is 9.50. The van der Waals surface area contributed by atoms with E-state index in [0.29, 0.717) is 27.3 Å². The molecule has 0 unspecified atom stereocenters. The molecule has 7 heteroatoms. The molecule has 0 aromatic heterocycles. The molecule has 0 N–H and O–H groups in total. The van der Waals surface area contributed by atoms with Crippen LogP contribution in [0.5, 0.6) is 11.5 Å². The van der Waals surface area contributed by atoms with Crippen molar-refractivity contribution in [2.24, 2.45) is 0 Å². The molecule has 0 saturated carbocycles. The Labute approximate surface area is 204 Å². The number of thioether (sulfide) groups is 1. The van der Waals surface area contributed by atoms with Crippen LogP contribution in [-0.4, -0.2) is 17.3 Å². The summed E-state index contributed by atoms with van der Waals surface area (Å²) in [5.74, 6) is 1.17. The number of para-hydroxylation sites is 1. The Kier molecular flexibility index (Phi) is 6.94. The number of amides is 1. The normalized spacial score (nSPS) is 14.9. The van der Waals surface area contributed by atoms with E-state index < -0.39 is 0 Å². The Morgan fingerprint density at radius 3 is 2.42 bits per heavy atom. The Morgan fingerprint density at radius 1 is 1.06 bits per heavy atom. The highest BCUT2D eigenvalue weighted by molar-refractivity contribution is 14.1. The van der Waals surface area contributed by atoms with Gasteiger partial charge in [0.15, 0.2) is 15.8 Å². The molecule has 4 nitrogen and oxygen atoms in total. The van der Waals surface area contributed by atoms with Crippen LogP contribution in [0.1, 0.15) is 11.1 Å². The first-order valence-electron chi connectivity index (χ1n) is 9.44.